The molecule has 7 heteroatoms. The van der Waals surface area contributed by atoms with Crippen molar-refractivity contribution >= 4 is 35.0 Å². The van der Waals surface area contributed by atoms with Crippen LogP contribution in [0.25, 0.3) is 0 Å². The number of anilines is 2. The summed E-state index contributed by atoms with van der Waals surface area (Å²) >= 11 is 1.49. The zero-order valence-electron chi connectivity index (χ0n) is 14.2. The number of rotatable bonds is 2. The van der Waals surface area contributed by atoms with Gasteiger partial charge < -0.3 is 20.1 Å². The molecule has 2 amide bonds. The molecule has 134 valence electrons. The SMILES string of the molecule is CC1Sc2ccc(C(=O)Nc3ccc4c(c3)OCCCO4)cc2NC1=O. The molecule has 2 heterocycles. The van der Waals surface area contributed by atoms with E-state index in [9.17, 15) is 9.59 Å². The number of thioether (sulfide) groups is 1. The minimum Gasteiger partial charge on any atom is -0.490 e. The molecule has 1 unspecified atom stereocenters. The van der Waals surface area contributed by atoms with E-state index in [1.807, 2.05) is 13.0 Å². The van der Waals surface area contributed by atoms with Gasteiger partial charge in [-0.2, -0.15) is 0 Å². The molecule has 1 atom stereocenters. The number of carbonyl (C=O) groups excluding carboxylic acids is 2. The summed E-state index contributed by atoms with van der Waals surface area (Å²) in [5.41, 5.74) is 1.78. The second kappa shape index (κ2) is 6.92. The summed E-state index contributed by atoms with van der Waals surface area (Å²) in [7, 11) is 0. The van der Waals surface area contributed by atoms with Crippen molar-refractivity contribution in [2.45, 2.75) is 23.5 Å². The summed E-state index contributed by atoms with van der Waals surface area (Å²) in [5, 5.41) is 5.57. The molecule has 26 heavy (non-hydrogen) atoms. The van der Waals surface area contributed by atoms with Gasteiger partial charge in [0.25, 0.3) is 5.91 Å². The van der Waals surface area contributed by atoms with Crippen molar-refractivity contribution in [3.8, 4) is 11.5 Å². The van der Waals surface area contributed by atoms with Gasteiger partial charge in [-0.3, -0.25) is 9.59 Å². The van der Waals surface area contributed by atoms with Gasteiger partial charge in [0.15, 0.2) is 11.5 Å². The van der Waals surface area contributed by atoms with Crippen LogP contribution < -0.4 is 20.1 Å². The Bertz CT molecular complexity index is 884. The molecule has 0 saturated heterocycles. The van der Waals surface area contributed by atoms with E-state index in [-0.39, 0.29) is 17.1 Å². The van der Waals surface area contributed by atoms with Gasteiger partial charge in [0.05, 0.1) is 24.2 Å². The number of nitrogens with one attached hydrogen (secondary N) is 2. The third-order valence-electron chi connectivity index (χ3n) is 4.18. The number of hydrogen-bond acceptors (Lipinski definition) is 5. The van der Waals surface area contributed by atoms with Gasteiger partial charge in [0, 0.05) is 28.6 Å². The van der Waals surface area contributed by atoms with Crippen molar-refractivity contribution in [2.24, 2.45) is 0 Å². The van der Waals surface area contributed by atoms with E-state index in [0.717, 1.165) is 11.3 Å². The molecule has 0 radical (unpaired) electrons. The highest BCUT2D eigenvalue weighted by Crippen LogP contribution is 2.36. The Kier molecular flexibility index (Phi) is 4.46. The van der Waals surface area contributed by atoms with Crippen LogP contribution in [-0.4, -0.2) is 30.3 Å². The average Bonchev–Trinajstić information content (AvgIpc) is 2.87. The maximum absolute atomic E-state index is 12.6. The second-order valence-corrected chi connectivity index (χ2v) is 7.51. The molecule has 0 aliphatic carbocycles. The van der Waals surface area contributed by atoms with E-state index in [4.69, 9.17) is 9.47 Å². The van der Waals surface area contributed by atoms with Crippen LogP contribution in [0.2, 0.25) is 0 Å². The van der Waals surface area contributed by atoms with Crippen LogP contribution in [0.1, 0.15) is 23.7 Å². The van der Waals surface area contributed by atoms with Crippen LogP contribution in [0.15, 0.2) is 41.3 Å². The summed E-state index contributed by atoms with van der Waals surface area (Å²) in [4.78, 5) is 25.4. The minimum atomic E-state index is -0.250. The molecule has 0 fully saturated rings. The lowest BCUT2D eigenvalue weighted by atomic mass is 10.1. The highest BCUT2D eigenvalue weighted by Gasteiger charge is 2.24. The minimum absolute atomic E-state index is 0.0528. The molecular weight excluding hydrogens is 352 g/mol. The lowest BCUT2D eigenvalue weighted by Gasteiger charge is -2.21. The molecule has 2 aliphatic heterocycles. The fourth-order valence-corrected chi connectivity index (χ4v) is 3.72. The van der Waals surface area contributed by atoms with E-state index < -0.39 is 0 Å². The van der Waals surface area contributed by atoms with Gasteiger partial charge in [0.2, 0.25) is 5.91 Å². The topological polar surface area (TPSA) is 76.7 Å². The molecular formula is C19H18N2O4S. The summed E-state index contributed by atoms with van der Waals surface area (Å²) in [6.45, 7) is 3.06. The van der Waals surface area contributed by atoms with E-state index in [2.05, 4.69) is 10.6 Å². The fraction of sp³-hybridized carbons (Fsp3) is 0.263. The lowest BCUT2D eigenvalue weighted by molar-refractivity contribution is -0.115. The van der Waals surface area contributed by atoms with E-state index in [1.165, 1.54) is 11.8 Å². The first-order valence-electron chi connectivity index (χ1n) is 8.43. The van der Waals surface area contributed by atoms with Gasteiger partial charge >= 0.3 is 0 Å². The highest BCUT2D eigenvalue weighted by atomic mass is 32.2. The van der Waals surface area contributed by atoms with Gasteiger partial charge in [-0.05, 0) is 37.3 Å². The normalized spacial score (nSPS) is 18.3. The molecule has 2 aliphatic rings. The number of amides is 2. The molecule has 6 nitrogen and oxygen atoms in total. The Labute approximate surface area is 155 Å². The Morgan fingerprint density at radius 2 is 1.96 bits per heavy atom. The number of carbonyl (C=O) groups is 2. The highest BCUT2D eigenvalue weighted by molar-refractivity contribution is 8.00. The van der Waals surface area contributed by atoms with Crippen molar-refractivity contribution in [1.82, 2.24) is 0 Å². The largest absolute Gasteiger partial charge is 0.490 e. The van der Waals surface area contributed by atoms with Crippen molar-refractivity contribution in [3.05, 3.63) is 42.0 Å². The molecule has 2 aromatic carbocycles. The molecule has 0 bridgehead atoms. The van der Waals surface area contributed by atoms with Crippen LogP contribution in [0, 0.1) is 0 Å². The lowest BCUT2D eigenvalue weighted by Crippen LogP contribution is -2.26. The van der Waals surface area contributed by atoms with Gasteiger partial charge in [-0.1, -0.05) is 0 Å². The van der Waals surface area contributed by atoms with Crippen LogP contribution in [0.3, 0.4) is 0 Å². The Hall–Kier alpha value is -2.67. The summed E-state index contributed by atoms with van der Waals surface area (Å²) in [5.74, 6) is 1.01. The van der Waals surface area contributed by atoms with Gasteiger partial charge in [-0.25, -0.2) is 0 Å². The van der Waals surface area contributed by atoms with E-state index in [0.29, 0.717) is 41.7 Å². The smallest absolute Gasteiger partial charge is 0.255 e. The van der Waals surface area contributed by atoms with Crippen molar-refractivity contribution in [2.75, 3.05) is 23.8 Å². The first-order valence-corrected chi connectivity index (χ1v) is 9.31. The quantitative estimate of drug-likeness (QED) is 0.846. The van der Waals surface area contributed by atoms with Crippen LogP contribution >= 0.6 is 11.8 Å². The predicted octanol–water partition coefficient (Wildman–Crippen LogP) is 3.53. The van der Waals surface area contributed by atoms with Crippen LogP contribution in [0.5, 0.6) is 11.5 Å². The zero-order valence-corrected chi connectivity index (χ0v) is 15.0. The van der Waals surface area contributed by atoms with Crippen molar-refractivity contribution in [1.29, 1.82) is 0 Å². The first kappa shape index (κ1) is 16.8. The number of hydrogen-bond donors (Lipinski definition) is 2. The maximum atomic E-state index is 12.6. The van der Waals surface area contributed by atoms with Crippen molar-refractivity contribution in [3.63, 3.8) is 0 Å². The average molecular weight is 370 g/mol. The predicted molar refractivity (Wildman–Crippen MR) is 100 cm³/mol. The van der Waals surface area contributed by atoms with E-state index in [1.54, 1.807) is 30.3 Å². The summed E-state index contributed by atoms with van der Waals surface area (Å²) < 4.78 is 11.2. The zero-order chi connectivity index (χ0) is 18.1. The Balaban J connectivity index is 1.53. The Morgan fingerprint density at radius 1 is 1.15 bits per heavy atom. The fourth-order valence-electron chi connectivity index (χ4n) is 2.79. The first-order chi connectivity index (χ1) is 12.6. The molecule has 0 aromatic heterocycles. The third-order valence-corrected chi connectivity index (χ3v) is 5.36. The number of benzene rings is 2. The summed E-state index contributed by atoms with van der Waals surface area (Å²) in [6, 6.07) is 10.7. The standard InChI is InChI=1S/C19H18N2O4S/c1-11-18(22)21-14-9-12(3-6-17(14)26-11)19(23)20-13-4-5-15-16(10-13)25-8-2-7-24-15/h3-6,9-11H,2,7-8H2,1H3,(H,20,23)(H,21,22). The Morgan fingerprint density at radius 3 is 2.81 bits per heavy atom. The third kappa shape index (κ3) is 3.35. The van der Waals surface area contributed by atoms with Gasteiger partial charge in [0.1, 0.15) is 0 Å². The number of fused-ring (bicyclic) bond motifs is 2. The summed E-state index contributed by atoms with van der Waals surface area (Å²) in [6.07, 6.45) is 0.827. The second-order valence-electron chi connectivity index (χ2n) is 6.13. The van der Waals surface area contributed by atoms with Crippen molar-refractivity contribution < 1.29 is 19.1 Å². The molecule has 4 rings (SSSR count). The molecule has 0 spiro atoms. The maximum Gasteiger partial charge on any atom is 0.255 e. The van der Waals surface area contributed by atoms with Crippen LogP contribution in [-0.2, 0) is 4.79 Å². The van der Waals surface area contributed by atoms with Crippen LogP contribution in [0.4, 0.5) is 11.4 Å². The molecule has 0 saturated carbocycles. The van der Waals surface area contributed by atoms with E-state index >= 15 is 0 Å². The monoisotopic (exact) mass is 370 g/mol. The van der Waals surface area contributed by atoms with Gasteiger partial charge in [-0.15, -0.1) is 11.8 Å². The molecule has 2 aromatic rings. The number of ether oxygens (including phenoxy) is 2. The molecule has 2 N–H and O–H groups in total.